The molecule has 24 heavy (non-hydrogen) atoms. The molecule has 1 fully saturated rings. The summed E-state index contributed by atoms with van der Waals surface area (Å²) in [5.74, 6) is 0.880. The van der Waals surface area contributed by atoms with Crippen LogP contribution < -0.4 is 16.0 Å². The fraction of sp³-hybridized carbons (Fsp3) is 0.368. The molecule has 5 nitrogen and oxygen atoms in total. The van der Waals surface area contributed by atoms with E-state index in [1.165, 1.54) is 12.8 Å². The van der Waals surface area contributed by atoms with Crippen LogP contribution in [0.4, 0.5) is 5.82 Å². The van der Waals surface area contributed by atoms with Gasteiger partial charge in [-0.25, -0.2) is 4.98 Å². The van der Waals surface area contributed by atoms with Crippen molar-refractivity contribution in [1.82, 2.24) is 10.3 Å². The lowest BCUT2D eigenvalue weighted by molar-refractivity contribution is -0.122. The third kappa shape index (κ3) is 4.32. The molecule has 3 N–H and O–H groups in total. The van der Waals surface area contributed by atoms with Crippen LogP contribution in [0.3, 0.4) is 0 Å². The van der Waals surface area contributed by atoms with Crippen LogP contribution in [-0.2, 0) is 17.8 Å². The number of benzene rings is 1. The Morgan fingerprint density at radius 1 is 1.12 bits per heavy atom. The minimum absolute atomic E-state index is 0.137. The maximum atomic E-state index is 12.1. The van der Waals surface area contributed by atoms with Crippen molar-refractivity contribution in [2.75, 3.05) is 18.0 Å². The van der Waals surface area contributed by atoms with Crippen LogP contribution in [0.25, 0.3) is 0 Å². The van der Waals surface area contributed by atoms with Gasteiger partial charge in [-0.2, -0.15) is 0 Å². The van der Waals surface area contributed by atoms with E-state index in [1.54, 1.807) is 0 Å². The number of rotatable bonds is 6. The molecule has 126 valence electrons. The Kier molecular flexibility index (Phi) is 5.43. The minimum Gasteiger partial charge on any atom is -0.357 e. The third-order valence-electron chi connectivity index (χ3n) is 4.34. The van der Waals surface area contributed by atoms with E-state index in [0.717, 1.165) is 30.0 Å². The maximum Gasteiger partial charge on any atom is 0.237 e. The second kappa shape index (κ2) is 7.93. The number of nitrogens with zero attached hydrogens (tertiary/aromatic N) is 2. The predicted molar refractivity (Wildman–Crippen MR) is 95.7 cm³/mol. The molecule has 0 aliphatic carbocycles. The van der Waals surface area contributed by atoms with E-state index in [4.69, 9.17) is 5.73 Å². The summed E-state index contributed by atoms with van der Waals surface area (Å²) >= 11 is 0. The second-order valence-electron chi connectivity index (χ2n) is 6.23. The molecule has 1 saturated heterocycles. The number of amides is 1. The van der Waals surface area contributed by atoms with Gasteiger partial charge >= 0.3 is 0 Å². The van der Waals surface area contributed by atoms with Crippen molar-refractivity contribution in [1.29, 1.82) is 0 Å². The van der Waals surface area contributed by atoms with Gasteiger partial charge in [-0.3, -0.25) is 4.79 Å². The van der Waals surface area contributed by atoms with Gasteiger partial charge in [0, 0.05) is 25.8 Å². The monoisotopic (exact) mass is 324 g/mol. The number of pyridine rings is 1. The van der Waals surface area contributed by atoms with Crippen molar-refractivity contribution >= 4 is 11.7 Å². The summed E-state index contributed by atoms with van der Waals surface area (Å²) in [6, 6.07) is 13.3. The SMILES string of the molecule is NC(Cc1ccccc1)C(=O)NCc1ccc(N2CCCC2)nc1. The highest BCUT2D eigenvalue weighted by Gasteiger charge is 2.15. The number of anilines is 1. The molecule has 2 aromatic rings. The number of carbonyl (C=O) groups is 1. The number of carbonyl (C=O) groups excluding carboxylic acids is 1. The van der Waals surface area contributed by atoms with Crippen LogP contribution >= 0.6 is 0 Å². The normalized spacial score (nSPS) is 15.3. The fourth-order valence-electron chi connectivity index (χ4n) is 2.94. The van der Waals surface area contributed by atoms with E-state index in [2.05, 4.69) is 15.2 Å². The quantitative estimate of drug-likeness (QED) is 0.851. The van der Waals surface area contributed by atoms with Crippen molar-refractivity contribution in [2.45, 2.75) is 31.8 Å². The van der Waals surface area contributed by atoms with Crippen LogP contribution in [0, 0.1) is 0 Å². The summed E-state index contributed by atoms with van der Waals surface area (Å²) in [5, 5.41) is 2.89. The van der Waals surface area contributed by atoms with Crippen LogP contribution in [0.1, 0.15) is 24.0 Å². The van der Waals surface area contributed by atoms with Crippen LogP contribution in [0.15, 0.2) is 48.7 Å². The zero-order valence-corrected chi connectivity index (χ0v) is 13.8. The number of hydrogen-bond acceptors (Lipinski definition) is 4. The third-order valence-corrected chi connectivity index (χ3v) is 4.34. The van der Waals surface area contributed by atoms with Gasteiger partial charge < -0.3 is 16.0 Å². The van der Waals surface area contributed by atoms with Gasteiger partial charge in [-0.05, 0) is 36.5 Å². The minimum atomic E-state index is -0.538. The zero-order chi connectivity index (χ0) is 16.8. The molecule has 5 heteroatoms. The molecule has 2 heterocycles. The largest absolute Gasteiger partial charge is 0.357 e. The fourth-order valence-corrected chi connectivity index (χ4v) is 2.94. The number of nitrogens with one attached hydrogen (secondary N) is 1. The van der Waals surface area contributed by atoms with Crippen molar-refractivity contribution in [3.63, 3.8) is 0 Å². The molecular weight excluding hydrogens is 300 g/mol. The molecule has 1 aromatic carbocycles. The van der Waals surface area contributed by atoms with Crippen LogP contribution in [-0.4, -0.2) is 30.0 Å². The molecule has 0 saturated carbocycles. The highest BCUT2D eigenvalue weighted by atomic mass is 16.2. The first-order chi connectivity index (χ1) is 11.7. The van der Waals surface area contributed by atoms with E-state index < -0.39 is 6.04 Å². The molecule has 1 aliphatic rings. The lowest BCUT2D eigenvalue weighted by Gasteiger charge is -2.16. The van der Waals surface area contributed by atoms with E-state index in [-0.39, 0.29) is 5.91 Å². The molecule has 3 rings (SSSR count). The smallest absolute Gasteiger partial charge is 0.237 e. The summed E-state index contributed by atoms with van der Waals surface area (Å²) < 4.78 is 0. The van der Waals surface area contributed by atoms with Crippen LogP contribution in [0.5, 0.6) is 0 Å². The van der Waals surface area contributed by atoms with Crippen molar-refractivity contribution in [2.24, 2.45) is 5.73 Å². The Hall–Kier alpha value is -2.40. The van der Waals surface area contributed by atoms with Gasteiger partial charge in [0.2, 0.25) is 5.91 Å². The average Bonchev–Trinajstić information content (AvgIpc) is 3.15. The van der Waals surface area contributed by atoms with E-state index in [1.807, 2.05) is 48.7 Å². The maximum absolute atomic E-state index is 12.1. The van der Waals surface area contributed by atoms with E-state index >= 15 is 0 Å². The molecule has 0 radical (unpaired) electrons. The number of hydrogen-bond donors (Lipinski definition) is 2. The van der Waals surface area contributed by atoms with Crippen molar-refractivity contribution in [3.05, 3.63) is 59.8 Å². The Balaban J connectivity index is 1.48. The van der Waals surface area contributed by atoms with Crippen molar-refractivity contribution < 1.29 is 4.79 Å². The second-order valence-corrected chi connectivity index (χ2v) is 6.23. The first-order valence-corrected chi connectivity index (χ1v) is 8.49. The molecule has 1 aromatic heterocycles. The molecule has 0 spiro atoms. The lowest BCUT2D eigenvalue weighted by Crippen LogP contribution is -2.41. The van der Waals surface area contributed by atoms with Gasteiger partial charge in [0.15, 0.2) is 0 Å². The first-order valence-electron chi connectivity index (χ1n) is 8.49. The molecular formula is C19H24N4O. The molecule has 0 bridgehead atoms. The Labute approximate surface area is 142 Å². The van der Waals surface area contributed by atoms with Gasteiger partial charge in [-0.15, -0.1) is 0 Å². The standard InChI is InChI=1S/C19H24N4O/c20-17(12-15-6-2-1-3-7-15)19(24)22-14-16-8-9-18(21-13-16)23-10-4-5-11-23/h1-3,6-9,13,17H,4-5,10-12,14,20H2,(H,22,24). The Morgan fingerprint density at radius 3 is 2.54 bits per heavy atom. The molecule has 1 amide bonds. The Morgan fingerprint density at radius 2 is 1.88 bits per heavy atom. The lowest BCUT2D eigenvalue weighted by atomic mass is 10.1. The van der Waals surface area contributed by atoms with Gasteiger partial charge in [0.05, 0.1) is 6.04 Å². The van der Waals surface area contributed by atoms with E-state index in [9.17, 15) is 4.79 Å². The predicted octanol–water partition coefficient (Wildman–Crippen LogP) is 1.87. The highest BCUT2D eigenvalue weighted by molar-refractivity contribution is 5.81. The Bertz CT molecular complexity index is 651. The van der Waals surface area contributed by atoms with Crippen molar-refractivity contribution in [3.8, 4) is 0 Å². The topological polar surface area (TPSA) is 71.2 Å². The number of aromatic nitrogens is 1. The molecule has 1 unspecified atom stereocenters. The first kappa shape index (κ1) is 16.5. The number of nitrogens with two attached hydrogens (primary N) is 1. The van der Waals surface area contributed by atoms with Gasteiger partial charge in [0.1, 0.15) is 5.82 Å². The molecule has 1 aliphatic heterocycles. The van der Waals surface area contributed by atoms with Gasteiger partial charge in [-0.1, -0.05) is 36.4 Å². The molecule has 1 atom stereocenters. The highest BCUT2D eigenvalue weighted by Crippen LogP contribution is 2.17. The van der Waals surface area contributed by atoms with Gasteiger partial charge in [0.25, 0.3) is 0 Å². The summed E-state index contributed by atoms with van der Waals surface area (Å²) in [5.41, 5.74) is 8.04. The zero-order valence-electron chi connectivity index (χ0n) is 13.8. The summed E-state index contributed by atoms with van der Waals surface area (Å²) in [4.78, 5) is 18.9. The average molecular weight is 324 g/mol. The van der Waals surface area contributed by atoms with E-state index in [0.29, 0.717) is 13.0 Å². The summed E-state index contributed by atoms with van der Waals surface area (Å²) in [7, 11) is 0. The summed E-state index contributed by atoms with van der Waals surface area (Å²) in [6.45, 7) is 2.61. The van der Waals surface area contributed by atoms with Crippen LogP contribution in [0.2, 0.25) is 0 Å². The summed E-state index contributed by atoms with van der Waals surface area (Å²) in [6.07, 6.45) is 4.84.